The first-order chi connectivity index (χ1) is 19.1. The van der Waals surface area contributed by atoms with Gasteiger partial charge in [-0.15, -0.1) is 11.6 Å². The Bertz CT molecular complexity index is 1390. The third-order valence-corrected chi connectivity index (χ3v) is 7.65. The molecule has 222 valence electrons. The second-order valence-electron chi connectivity index (χ2n) is 9.55. The standard InChI is InChI=1S/C24H31BClN4O10P/c1-13(2)37-21(33)15(4)29-41(35,40-16-8-6-5-7-9-16)36-12-17-19(39-20(32)14(3)27)24(25,26)22(38-17)30-11-10-18(31)28-23(30)34/h5-11,13-15,17,19,22H,12,27H2,1-4H3,(H,29,35)(H,28,31,34)/t14-,15-,17+,19+,22+,24-,41?/m0/s1. The van der Waals surface area contributed by atoms with E-state index in [1.165, 1.54) is 26.0 Å². The lowest BCUT2D eigenvalue weighted by molar-refractivity contribution is -0.154. The van der Waals surface area contributed by atoms with Crippen LogP contribution in [0.3, 0.4) is 0 Å². The molecule has 1 fully saturated rings. The van der Waals surface area contributed by atoms with Gasteiger partial charge in [0.15, 0.2) is 6.23 Å². The molecule has 4 N–H and O–H groups in total. The molecule has 1 saturated heterocycles. The second kappa shape index (κ2) is 13.4. The molecule has 41 heavy (non-hydrogen) atoms. The molecule has 14 nitrogen and oxygen atoms in total. The number of carbonyl (C=O) groups excluding carboxylic acids is 2. The van der Waals surface area contributed by atoms with Gasteiger partial charge in [-0.2, -0.15) is 5.09 Å². The minimum Gasteiger partial charge on any atom is -0.462 e. The number of para-hydroxylation sites is 1. The van der Waals surface area contributed by atoms with Crippen molar-refractivity contribution in [2.24, 2.45) is 5.73 Å². The fraction of sp³-hybridized carbons (Fsp3) is 0.500. The van der Waals surface area contributed by atoms with Crippen molar-refractivity contribution in [3.63, 3.8) is 0 Å². The molecule has 7 atom stereocenters. The van der Waals surface area contributed by atoms with Crippen LogP contribution in [0, 0.1) is 0 Å². The van der Waals surface area contributed by atoms with Crippen LogP contribution >= 0.6 is 19.3 Å². The van der Waals surface area contributed by atoms with Gasteiger partial charge in [0.1, 0.15) is 37.9 Å². The monoisotopic (exact) mass is 612 g/mol. The molecular weight excluding hydrogens is 582 g/mol. The van der Waals surface area contributed by atoms with E-state index in [9.17, 15) is 23.7 Å². The summed E-state index contributed by atoms with van der Waals surface area (Å²) in [6.07, 6.45) is -3.67. The van der Waals surface area contributed by atoms with Gasteiger partial charge >= 0.3 is 25.4 Å². The number of carbonyl (C=O) groups is 2. The Kier molecular flexibility index (Phi) is 10.6. The largest absolute Gasteiger partial charge is 0.462 e. The van der Waals surface area contributed by atoms with Crippen molar-refractivity contribution in [2.75, 3.05) is 6.61 Å². The van der Waals surface area contributed by atoms with E-state index in [1.807, 2.05) is 0 Å². The summed E-state index contributed by atoms with van der Waals surface area (Å²) < 4.78 is 40.4. The number of nitrogens with zero attached hydrogens (tertiary/aromatic N) is 1. The van der Waals surface area contributed by atoms with Gasteiger partial charge in [0.25, 0.3) is 5.56 Å². The molecule has 1 aliphatic heterocycles. The summed E-state index contributed by atoms with van der Waals surface area (Å²) >= 11 is 6.59. The molecule has 1 aliphatic rings. The van der Waals surface area contributed by atoms with E-state index in [2.05, 4.69) is 10.1 Å². The minimum atomic E-state index is -4.37. The van der Waals surface area contributed by atoms with E-state index in [-0.39, 0.29) is 5.75 Å². The lowest BCUT2D eigenvalue weighted by Gasteiger charge is -2.30. The third kappa shape index (κ3) is 8.31. The topological polar surface area (TPSA) is 190 Å². The molecule has 0 saturated carbocycles. The van der Waals surface area contributed by atoms with E-state index in [0.717, 1.165) is 16.8 Å². The molecule has 0 aliphatic carbocycles. The zero-order chi connectivity index (χ0) is 30.5. The van der Waals surface area contributed by atoms with E-state index in [1.54, 1.807) is 32.0 Å². The highest BCUT2D eigenvalue weighted by Crippen LogP contribution is 2.48. The SMILES string of the molecule is [B][C@]1(Cl)[C@H](OC(=O)[C@H](C)N)[C@@H](COP(=O)(N[C@@H](C)C(=O)OC(C)C)Oc2ccccc2)O[C@H]1n1ccc(=O)[nH]c1=O. The van der Waals surface area contributed by atoms with E-state index in [0.29, 0.717) is 0 Å². The number of rotatable bonds is 12. The van der Waals surface area contributed by atoms with Gasteiger partial charge in [0.05, 0.1) is 17.5 Å². The van der Waals surface area contributed by atoms with Crippen LogP contribution in [-0.4, -0.2) is 71.1 Å². The Labute approximate surface area is 241 Å². The van der Waals surface area contributed by atoms with Gasteiger partial charge < -0.3 is 24.5 Å². The number of H-pyrrole nitrogens is 1. The predicted octanol–water partition coefficient (Wildman–Crippen LogP) is 0.930. The number of ether oxygens (including phenoxy) is 3. The zero-order valence-corrected chi connectivity index (χ0v) is 24.4. The van der Waals surface area contributed by atoms with Crippen molar-refractivity contribution in [3.05, 3.63) is 63.4 Å². The molecule has 3 rings (SSSR count). The first kappa shape index (κ1) is 32.6. The van der Waals surface area contributed by atoms with Crippen molar-refractivity contribution >= 4 is 39.1 Å². The van der Waals surface area contributed by atoms with Gasteiger partial charge in [-0.1, -0.05) is 18.2 Å². The van der Waals surface area contributed by atoms with Crippen molar-refractivity contribution < 1.29 is 37.4 Å². The van der Waals surface area contributed by atoms with Crippen molar-refractivity contribution in [2.45, 2.75) is 69.1 Å². The van der Waals surface area contributed by atoms with Crippen LogP contribution in [0.15, 0.2) is 52.2 Å². The number of nitrogens with two attached hydrogens (primary N) is 1. The first-order valence-corrected chi connectivity index (χ1v) is 14.4. The van der Waals surface area contributed by atoms with Crippen LogP contribution in [-0.2, 0) is 32.9 Å². The molecule has 17 heteroatoms. The molecule has 2 radical (unpaired) electrons. The molecule has 2 heterocycles. The minimum absolute atomic E-state index is 0.142. The number of hydrogen-bond donors (Lipinski definition) is 3. The van der Waals surface area contributed by atoms with Crippen LogP contribution in [0.1, 0.15) is 33.9 Å². The molecule has 1 aromatic heterocycles. The van der Waals surface area contributed by atoms with E-state index >= 15 is 0 Å². The van der Waals surface area contributed by atoms with Gasteiger partial charge in [-0.25, -0.2) is 9.36 Å². The highest BCUT2D eigenvalue weighted by Gasteiger charge is 2.56. The average Bonchev–Trinajstić information content (AvgIpc) is 3.12. The third-order valence-electron chi connectivity index (χ3n) is 5.61. The van der Waals surface area contributed by atoms with Crippen LogP contribution in [0.2, 0.25) is 0 Å². The number of alkyl halides is 1. The summed E-state index contributed by atoms with van der Waals surface area (Å²) in [6, 6.07) is 6.79. The number of nitrogens with one attached hydrogen (secondary N) is 2. The van der Waals surface area contributed by atoms with Crippen molar-refractivity contribution in [3.8, 4) is 5.75 Å². The number of halogens is 1. The molecular formula is C24H31BClN4O10P. The number of hydrogen-bond acceptors (Lipinski definition) is 11. The van der Waals surface area contributed by atoms with E-state index < -0.39 is 78.9 Å². The van der Waals surface area contributed by atoms with Crippen LogP contribution in [0.4, 0.5) is 0 Å². The van der Waals surface area contributed by atoms with Gasteiger partial charge in [0, 0.05) is 12.3 Å². The fourth-order valence-corrected chi connectivity index (χ4v) is 5.53. The lowest BCUT2D eigenvalue weighted by Crippen LogP contribution is -2.49. The second-order valence-corrected chi connectivity index (χ2v) is 11.9. The lowest BCUT2D eigenvalue weighted by atomic mass is 9.79. The zero-order valence-electron chi connectivity index (χ0n) is 22.7. The maximum Gasteiger partial charge on any atom is 0.459 e. The summed E-state index contributed by atoms with van der Waals surface area (Å²) in [5.41, 5.74) is 4.05. The number of esters is 2. The van der Waals surface area contributed by atoms with Crippen molar-refractivity contribution in [1.82, 2.24) is 14.6 Å². The Balaban J connectivity index is 1.92. The smallest absolute Gasteiger partial charge is 0.459 e. The summed E-state index contributed by atoms with van der Waals surface area (Å²) in [6.45, 7) is 5.44. The highest BCUT2D eigenvalue weighted by atomic mass is 35.5. The Morgan fingerprint density at radius 2 is 1.85 bits per heavy atom. The average molecular weight is 613 g/mol. The molecule has 0 amide bonds. The van der Waals surface area contributed by atoms with Crippen molar-refractivity contribution in [1.29, 1.82) is 0 Å². The number of aromatic nitrogens is 2. The Morgan fingerprint density at radius 3 is 2.44 bits per heavy atom. The summed E-state index contributed by atoms with van der Waals surface area (Å²) in [5, 5.41) is 2.52. The summed E-state index contributed by atoms with van der Waals surface area (Å²) in [5.74, 6) is -1.48. The summed E-state index contributed by atoms with van der Waals surface area (Å²) in [7, 11) is 1.94. The first-order valence-electron chi connectivity index (χ1n) is 12.5. The maximum atomic E-state index is 13.9. The van der Waals surface area contributed by atoms with E-state index in [4.69, 9.17) is 48.4 Å². The molecule has 0 bridgehead atoms. The normalized spacial score (nSPS) is 25.2. The van der Waals surface area contributed by atoms with Gasteiger partial charge in [-0.3, -0.25) is 28.5 Å². The number of benzene rings is 1. The summed E-state index contributed by atoms with van der Waals surface area (Å²) in [4.78, 5) is 50.9. The van der Waals surface area contributed by atoms with Crippen LogP contribution in [0.25, 0.3) is 0 Å². The van der Waals surface area contributed by atoms with Crippen LogP contribution < -0.4 is 26.6 Å². The van der Waals surface area contributed by atoms with Gasteiger partial charge in [-0.05, 0) is 39.8 Å². The fourth-order valence-electron chi connectivity index (χ4n) is 3.69. The molecule has 0 spiro atoms. The van der Waals surface area contributed by atoms with Crippen LogP contribution in [0.5, 0.6) is 5.75 Å². The molecule has 2 aromatic rings. The Hall–Kier alpha value is -2.94. The van der Waals surface area contributed by atoms with Gasteiger partial charge in [0.2, 0.25) is 0 Å². The number of aromatic amines is 1. The Morgan fingerprint density at radius 1 is 1.20 bits per heavy atom. The molecule has 1 unspecified atom stereocenters. The predicted molar refractivity (Wildman–Crippen MR) is 148 cm³/mol. The highest BCUT2D eigenvalue weighted by molar-refractivity contribution is 7.52. The maximum absolute atomic E-state index is 13.9. The molecule has 1 aromatic carbocycles. The quantitative estimate of drug-likeness (QED) is 0.133.